The van der Waals surface area contributed by atoms with Crippen LogP contribution < -0.4 is 0 Å². The van der Waals surface area contributed by atoms with Gasteiger partial charge in [0.15, 0.2) is 0 Å². The van der Waals surface area contributed by atoms with Crippen molar-refractivity contribution in [2.75, 3.05) is 0 Å². The zero-order valence-electron chi connectivity index (χ0n) is 9.49. The maximum Gasteiger partial charge on any atom is 0.306 e. The molecule has 0 aliphatic heterocycles. The molecule has 0 saturated heterocycles. The van der Waals surface area contributed by atoms with E-state index in [1.807, 2.05) is 6.92 Å². The van der Waals surface area contributed by atoms with Crippen molar-refractivity contribution < 1.29 is 9.90 Å². The molecule has 1 aliphatic carbocycles. The van der Waals surface area contributed by atoms with Crippen molar-refractivity contribution >= 4 is 5.97 Å². The summed E-state index contributed by atoms with van der Waals surface area (Å²) in [4.78, 5) is 10.8. The second-order valence-corrected chi connectivity index (χ2v) is 5.01. The molecular weight excluding hydrogens is 176 g/mol. The Hall–Kier alpha value is -0.530. The van der Waals surface area contributed by atoms with Gasteiger partial charge in [-0.3, -0.25) is 4.79 Å². The number of carbonyl (C=O) groups is 1. The average molecular weight is 198 g/mol. The lowest BCUT2D eigenvalue weighted by Crippen LogP contribution is -2.27. The first-order valence-electron chi connectivity index (χ1n) is 5.75. The minimum atomic E-state index is -0.642. The molecule has 0 aromatic rings. The van der Waals surface area contributed by atoms with Gasteiger partial charge in [0.1, 0.15) is 0 Å². The minimum Gasteiger partial charge on any atom is -0.481 e. The van der Waals surface area contributed by atoms with Crippen LogP contribution in [0.15, 0.2) is 0 Å². The van der Waals surface area contributed by atoms with Gasteiger partial charge >= 0.3 is 5.97 Å². The van der Waals surface area contributed by atoms with E-state index in [0.29, 0.717) is 11.8 Å². The summed E-state index contributed by atoms with van der Waals surface area (Å²) in [6.07, 6.45) is 5.00. The fraction of sp³-hybridized carbons (Fsp3) is 0.917. The van der Waals surface area contributed by atoms with Crippen molar-refractivity contribution in [2.24, 2.45) is 23.7 Å². The van der Waals surface area contributed by atoms with E-state index in [9.17, 15) is 4.79 Å². The molecule has 2 nitrogen and oxygen atoms in total. The molecule has 14 heavy (non-hydrogen) atoms. The van der Waals surface area contributed by atoms with Crippen LogP contribution in [0.5, 0.6) is 0 Å². The van der Waals surface area contributed by atoms with Gasteiger partial charge in [-0.25, -0.2) is 0 Å². The number of carboxylic acids is 1. The molecular formula is C12H22O2. The molecule has 0 radical (unpaired) electrons. The molecule has 0 aromatic carbocycles. The fourth-order valence-electron chi connectivity index (χ4n) is 2.44. The Balaban J connectivity index is 2.45. The van der Waals surface area contributed by atoms with Gasteiger partial charge in [0.25, 0.3) is 0 Å². The molecule has 1 fully saturated rings. The molecule has 1 aliphatic rings. The largest absolute Gasteiger partial charge is 0.481 e. The fourth-order valence-corrected chi connectivity index (χ4v) is 2.44. The number of hydrogen-bond donors (Lipinski definition) is 1. The lowest BCUT2D eigenvalue weighted by atomic mass is 9.73. The normalized spacial score (nSPS) is 32.2. The Morgan fingerprint density at radius 1 is 1.21 bits per heavy atom. The van der Waals surface area contributed by atoms with E-state index in [-0.39, 0.29) is 5.92 Å². The third-order valence-corrected chi connectivity index (χ3v) is 3.98. The van der Waals surface area contributed by atoms with Gasteiger partial charge in [0.2, 0.25) is 0 Å². The second kappa shape index (κ2) is 4.81. The molecule has 0 bridgehead atoms. The summed E-state index contributed by atoms with van der Waals surface area (Å²) >= 11 is 0. The Morgan fingerprint density at radius 3 is 2.14 bits per heavy atom. The van der Waals surface area contributed by atoms with Gasteiger partial charge in [-0.05, 0) is 30.6 Å². The molecule has 82 valence electrons. The second-order valence-electron chi connectivity index (χ2n) is 5.01. The van der Waals surface area contributed by atoms with Gasteiger partial charge in [0.05, 0.1) is 5.92 Å². The summed E-state index contributed by atoms with van der Waals surface area (Å²) in [5.41, 5.74) is 0. The van der Waals surface area contributed by atoms with E-state index in [1.54, 1.807) is 0 Å². The van der Waals surface area contributed by atoms with Crippen LogP contribution in [0.2, 0.25) is 0 Å². The average Bonchev–Trinajstić information content (AvgIpc) is 2.16. The Bertz CT molecular complexity index is 192. The highest BCUT2D eigenvalue weighted by Gasteiger charge is 2.29. The molecule has 0 aromatic heterocycles. The zero-order valence-corrected chi connectivity index (χ0v) is 9.49. The number of rotatable bonds is 3. The quantitative estimate of drug-likeness (QED) is 0.756. The molecule has 2 unspecified atom stereocenters. The highest BCUT2D eigenvalue weighted by molar-refractivity contribution is 5.69. The topological polar surface area (TPSA) is 37.3 Å². The first-order valence-corrected chi connectivity index (χ1v) is 5.75. The van der Waals surface area contributed by atoms with Crippen LogP contribution in [-0.2, 0) is 4.79 Å². The van der Waals surface area contributed by atoms with Gasteiger partial charge < -0.3 is 5.11 Å². The van der Waals surface area contributed by atoms with Crippen molar-refractivity contribution in [3.63, 3.8) is 0 Å². The molecule has 2 heteroatoms. The molecule has 0 amide bonds. The lowest BCUT2D eigenvalue weighted by Gasteiger charge is -2.32. The van der Waals surface area contributed by atoms with Crippen molar-refractivity contribution in [3.05, 3.63) is 0 Å². The Labute approximate surface area is 86.7 Å². The maximum absolute atomic E-state index is 10.8. The predicted octanol–water partition coefficient (Wildman–Crippen LogP) is 3.17. The van der Waals surface area contributed by atoms with E-state index in [4.69, 9.17) is 5.11 Å². The Morgan fingerprint density at radius 2 is 1.71 bits per heavy atom. The number of aliphatic carboxylic acids is 1. The zero-order chi connectivity index (χ0) is 10.7. The first kappa shape index (κ1) is 11.5. The van der Waals surface area contributed by atoms with Crippen LogP contribution in [0.1, 0.15) is 46.5 Å². The molecule has 1 saturated carbocycles. The van der Waals surface area contributed by atoms with Crippen molar-refractivity contribution in [3.8, 4) is 0 Å². The van der Waals surface area contributed by atoms with Crippen LogP contribution in [0.25, 0.3) is 0 Å². The Kier molecular flexibility index (Phi) is 3.97. The standard InChI is InChI=1S/C12H22O2/c1-8-4-6-11(7-5-8)9(2)10(3)12(13)14/h8-11H,4-7H2,1-3H3,(H,13,14). The maximum atomic E-state index is 10.8. The first-order chi connectivity index (χ1) is 6.52. The van der Waals surface area contributed by atoms with E-state index < -0.39 is 5.97 Å². The summed E-state index contributed by atoms with van der Waals surface area (Å²) in [7, 11) is 0. The van der Waals surface area contributed by atoms with Crippen molar-refractivity contribution in [2.45, 2.75) is 46.5 Å². The van der Waals surface area contributed by atoms with E-state index in [2.05, 4.69) is 13.8 Å². The molecule has 0 spiro atoms. The minimum absolute atomic E-state index is 0.187. The molecule has 0 heterocycles. The van der Waals surface area contributed by atoms with Crippen LogP contribution in [0, 0.1) is 23.7 Å². The van der Waals surface area contributed by atoms with Crippen LogP contribution in [-0.4, -0.2) is 11.1 Å². The van der Waals surface area contributed by atoms with Gasteiger partial charge in [-0.1, -0.05) is 33.6 Å². The van der Waals surface area contributed by atoms with Crippen molar-refractivity contribution in [1.29, 1.82) is 0 Å². The van der Waals surface area contributed by atoms with Crippen molar-refractivity contribution in [1.82, 2.24) is 0 Å². The van der Waals surface area contributed by atoms with Crippen LogP contribution in [0.3, 0.4) is 0 Å². The lowest BCUT2D eigenvalue weighted by molar-refractivity contribution is -0.143. The molecule has 1 rings (SSSR count). The number of hydrogen-bond acceptors (Lipinski definition) is 1. The highest BCUT2D eigenvalue weighted by atomic mass is 16.4. The molecule has 2 atom stereocenters. The van der Waals surface area contributed by atoms with E-state index in [1.165, 1.54) is 25.7 Å². The third-order valence-electron chi connectivity index (χ3n) is 3.98. The summed E-state index contributed by atoms with van der Waals surface area (Å²) < 4.78 is 0. The monoisotopic (exact) mass is 198 g/mol. The smallest absolute Gasteiger partial charge is 0.306 e. The van der Waals surface area contributed by atoms with E-state index >= 15 is 0 Å². The van der Waals surface area contributed by atoms with Gasteiger partial charge in [-0.2, -0.15) is 0 Å². The number of carboxylic acid groups (broad SMARTS) is 1. The van der Waals surface area contributed by atoms with Gasteiger partial charge in [-0.15, -0.1) is 0 Å². The summed E-state index contributed by atoms with van der Waals surface area (Å²) in [5.74, 6) is 0.986. The third kappa shape index (κ3) is 2.73. The van der Waals surface area contributed by atoms with E-state index in [0.717, 1.165) is 5.92 Å². The SMILES string of the molecule is CC1CCC(C(C)C(C)C(=O)O)CC1. The highest BCUT2D eigenvalue weighted by Crippen LogP contribution is 2.36. The predicted molar refractivity (Wildman–Crippen MR) is 57.1 cm³/mol. The van der Waals surface area contributed by atoms with Gasteiger partial charge in [0, 0.05) is 0 Å². The summed E-state index contributed by atoms with van der Waals surface area (Å²) in [5, 5.41) is 8.94. The van der Waals surface area contributed by atoms with Crippen LogP contribution in [0.4, 0.5) is 0 Å². The molecule has 1 N–H and O–H groups in total. The summed E-state index contributed by atoms with van der Waals surface area (Å²) in [6, 6.07) is 0. The summed E-state index contributed by atoms with van der Waals surface area (Å²) in [6.45, 7) is 6.23. The van der Waals surface area contributed by atoms with Crippen LogP contribution >= 0.6 is 0 Å².